The normalized spacial score (nSPS) is 13.2. The van der Waals surface area contributed by atoms with Crippen LogP contribution in [0.5, 0.6) is 11.5 Å². The van der Waals surface area contributed by atoms with Crippen molar-refractivity contribution >= 4 is 21.0 Å². The van der Waals surface area contributed by atoms with E-state index in [0.717, 1.165) is 22.8 Å². The summed E-state index contributed by atoms with van der Waals surface area (Å²) in [5.41, 5.74) is -2.15. The third-order valence-electron chi connectivity index (χ3n) is 4.03. The second-order valence-electron chi connectivity index (χ2n) is 5.80. The van der Waals surface area contributed by atoms with Crippen LogP contribution < -0.4 is 14.0 Å². The van der Waals surface area contributed by atoms with Crippen LogP contribution >= 0.6 is 0 Å². The van der Waals surface area contributed by atoms with Crippen LogP contribution in [0, 0.1) is 0 Å². The summed E-state index contributed by atoms with van der Waals surface area (Å²) in [5, 5.41) is 1.24. The first-order valence-corrected chi connectivity index (χ1v) is 9.29. The van der Waals surface area contributed by atoms with E-state index >= 15 is 0 Å². The molecule has 0 N–H and O–H groups in total. The first kappa shape index (κ1) is 19.9. The van der Waals surface area contributed by atoms with Crippen LogP contribution in [-0.4, -0.2) is 25.3 Å². The molecule has 0 saturated heterocycles. The fourth-order valence-electron chi connectivity index (χ4n) is 2.69. The molecule has 0 spiro atoms. The zero-order valence-electron chi connectivity index (χ0n) is 14.4. The molecular weight excluding hydrogens is 399 g/mol. The van der Waals surface area contributed by atoms with Crippen LogP contribution in [-0.2, 0) is 17.2 Å². The standard InChI is InChI=1S/C17H14NO2.CHF3O3S/c1-18-14-5-3-2-4-12(14)6-8-15(18)13-7-9-16-17(10-13)20-11-19-16;2-1(3,4)8(5,6)7/h2-10H,11H2,1H3;(H,5,6,7)/q+1;/p-1. The van der Waals surface area contributed by atoms with Gasteiger partial charge in [0.25, 0.3) is 0 Å². The van der Waals surface area contributed by atoms with Crippen LogP contribution in [0.4, 0.5) is 13.2 Å². The van der Waals surface area contributed by atoms with Gasteiger partial charge in [0.1, 0.15) is 7.05 Å². The summed E-state index contributed by atoms with van der Waals surface area (Å²) >= 11 is 0. The van der Waals surface area contributed by atoms with Crippen molar-refractivity contribution in [2.24, 2.45) is 7.05 Å². The van der Waals surface area contributed by atoms with Gasteiger partial charge in [-0.15, -0.1) is 0 Å². The van der Waals surface area contributed by atoms with Gasteiger partial charge in [-0.3, -0.25) is 0 Å². The van der Waals surface area contributed by atoms with Gasteiger partial charge in [0, 0.05) is 17.5 Å². The molecule has 3 aromatic rings. The van der Waals surface area contributed by atoms with E-state index < -0.39 is 15.6 Å². The van der Waals surface area contributed by atoms with Crippen LogP contribution in [0.15, 0.2) is 54.6 Å². The Morgan fingerprint density at radius 3 is 2.32 bits per heavy atom. The first-order chi connectivity index (χ1) is 13.1. The molecule has 0 fully saturated rings. The summed E-state index contributed by atoms with van der Waals surface area (Å²) in [6.45, 7) is 0.308. The van der Waals surface area contributed by atoms with Gasteiger partial charge in [0.15, 0.2) is 21.6 Å². The number of nitrogens with zero attached hydrogens (tertiary/aromatic N) is 1. The second-order valence-corrected chi connectivity index (χ2v) is 7.18. The Bertz CT molecular complexity index is 1130. The molecule has 148 valence electrons. The molecule has 28 heavy (non-hydrogen) atoms. The molecule has 1 aliphatic heterocycles. The van der Waals surface area contributed by atoms with E-state index in [2.05, 4.69) is 54.1 Å². The summed E-state index contributed by atoms with van der Waals surface area (Å²) in [7, 11) is -4.00. The number of hydrogen-bond acceptors (Lipinski definition) is 5. The van der Waals surface area contributed by atoms with Crippen molar-refractivity contribution in [2.45, 2.75) is 5.51 Å². The van der Waals surface area contributed by atoms with Crippen molar-refractivity contribution in [2.75, 3.05) is 6.79 Å². The number of halogens is 3. The lowest BCUT2D eigenvalue weighted by Gasteiger charge is -2.08. The predicted molar refractivity (Wildman–Crippen MR) is 92.4 cm³/mol. The summed E-state index contributed by atoms with van der Waals surface area (Å²) in [6, 6.07) is 18.7. The summed E-state index contributed by atoms with van der Waals surface area (Å²) in [5.74, 6) is 1.63. The van der Waals surface area contributed by atoms with Gasteiger partial charge in [0.2, 0.25) is 18.0 Å². The average molecular weight is 413 g/mol. The number of pyridine rings is 1. The van der Waals surface area contributed by atoms with Crippen molar-refractivity contribution in [3.05, 3.63) is 54.6 Å². The molecule has 1 aliphatic rings. The maximum atomic E-state index is 10.7. The largest absolute Gasteiger partial charge is 0.741 e. The third kappa shape index (κ3) is 4.02. The Kier molecular flexibility index (Phi) is 5.18. The molecule has 4 rings (SSSR count). The highest BCUT2D eigenvalue weighted by atomic mass is 32.2. The predicted octanol–water partition coefficient (Wildman–Crippen LogP) is 3.11. The SMILES string of the molecule is C[n+]1c(-c2ccc3c(c2)OCO3)ccc2ccccc21.O=S(=O)([O-])C(F)(F)F. The molecular formula is C18H14F3NO5S. The van der Waals surface area contributed by atoms with E-state index in [9.17, 15) is 13.2 Å². The number of aromatic nitrogens is 1. The lowest BCUT2D eigenvalue weighted by molar-refractivity contribution is -0.633. The van der Waals surface area contributed by atoms with E-state index in [1.165, 1.54) is 10.9 Å². The Labute approximate surface area is 158 Å². The highest BCUT2D eigenvalue weighted by Crippen LogP contribution is 2.35. The zero-order chi connectivity index (χ0) is 20.5. The Morgan fingerprint density at radius 1 is 1.00 bits per heavy atom. The van der Waals surface area contributed by atoms with Crippen molar-refractivity contribution in [3.63, 3.8) is 0 Å². The van der Waals surface area contributed by atoms with Crippen molar-refractivity contribution in [1.29, 1.82) is 0 Å². The van der Waals surface area contributed by atoms with Gasteiger partial charge < -0.3 is 14.0 Å². The molecule has 0 radical (unpaired) electrons. The van der Waals surface area contributed by atoms with Crippen LogP contribution in [0.25, 0.3) is 22.2 Å². The molecule has 2 aromatic carbocycles. The maximum absolute atomic E-state index is 10.7. The second kappa shape index (κ2) is 7.28. The molecule has 0 bridgehead atoms. The molecule has 0 atom stereocenters. The lowest BCUT2D eigenvalue weighted by Crippen LogP contribution is -2.31. The number of fused-ring (bicyclic) bond motifs is 2. The van der Waals surface area contributed by atoms with Gasteiger partial charge >= 0.3 is 5.51 Å². The summed E-state index contributed by atoms with van der Waals surface area (Å²) in [4.78, 5) is 0. The highest BCUT2D eigenvalue weighted by Gasteiger charge is 2.36. The average Bonchev–Trinajstić information content (AvgIpc) is 3.09. The van der Waals surface area contributed by atoms with E-state index in [1.54, 1.807) is 0 Å². The molecule has 1 aromatic heterocycles. The molecule has 6 nitrogen and oxygen atoms in total. The minimum atomic E-state index is -6.09. The number of benzene rings is 2. The molecule has 2 heterocycles. The van der Waals surface area contributed by atoms with E-state index in [0.29, 0.717) is 6.79 Å². The van der Waals surface area contributed by atoms with Gasteiger partial charge in [0.05, 0.1) is 5.56 Å². The number of hydrogen-bond donors (Lipinski definition) is 0. The first-order valence-electron chi connectivity index (χ1n) is 7.88. The monoisotopic (exact) mass is 413 g/mol. The van der Waals surface area contributed by atoms with Gasteiger partial charge in [-0.25, -0.2) is 8.42 Å². The van der Waals surface area contributed by atoms with Crippen LogP contribution in [0.1, 0.15) is 0 Å². The maximum Gasteiger partial charge on any atom is 0.485 e. The zero-order valence-corrected chi connectivity index (χ0v) is 15.3. The molecule has 10 heteroatoms. The smallest absolute Gasteiger partial charge is 0.485 e. The third-order valence-corrected chi connectivity index (χ3v) is 4.60. The number of ether oxygens (including phenoxy) is 2. The van der Waals surface area contributed by atoms with E-state index in [1.807, 2.05) is 12.1 Å². The summed E-state index contributed by atoms with van der Waals surface area (Å²) in [6.07, 6.45) is 0. The fraction of sp³-hybridized carbons (Fsp3) is 0.167. The highest BCUT2D eigenvalue weighted by molar-refractivity contribution is 7.86. The Morgan fingerprint density at radius 2 is 1.64 bits per heavy atom. The van der Waals surface area contributed by atoms with Crippen molar-refractivity contribution < 1.29 is 40.2 Å². The van der Waals surface area contributed by atoms with E-state index in [-0.39, 0.29) is 0 Å². The minimum Gasteiger partial charge on any atom is -0.741 e. The lowest BCUT2D eigenvalue weighted by atomic mass is 10.1. The quantitative estimate of drug-likeness (QED) is 0.348. The van der Waals surface area contributed by atoms with Gasteiger partial charge in [-0.2, -0.15) is 17.7 Å². The minimum absolute atomic E-state index is 0.308. The Balaban J connectivity index is 0.000000242. The Hall–Kier alpha value is -2.85. The van der Waals surface area contributed by atoms with Crippen molar-refractivity contribution in [3.8, 4) is 22.8 Å². The number of aryl methyl sites for hydroxylation is 1. The molecule has 0 saturated carbocycles. The fourth-order valence-corrected chi connectivity index (χ4v) is 2.69. The molecule has 0 amide bonds. The summed E-state index contributed by atoms with van der Waals surface area (Å²) < 4.78 is 71.9. The van der Waals surface area contributed by atoms with Gasteiger partial charge in [-0.1, -0.05) is 12.1 Å². The van der Waals surface area contributed by atoms with Crippen LogP contribution in [0.2, 0.25) is 0 Å². The van der Waals surface area contributed by atoms with Crippen molar-refractivity contribution in [1.82, 2.24) is 0 Å². The number of rotatable bonds is 1. The van der Waals surface area contributed by atoms with Gasteiger partial charge in [-0.05, 0) is 30.3 Å². The van der Waals surface area contributed by atoms with E-state index in [4.69, 9.17) is 22.4 Å². The number of alkyl halides is 3. The van der Waals surface area contributed by atoms with Crippen LogP contribution in [0.3, 0.4) is 0 Å². The number of para-hydroxylation sites is 1. The molecule has 0 unspecified atom stereocenters. The molecule has 0 aliphatic carbocycles. The topological polar surface area (TPSA) is 79.5 Å².